The fraction of sp³-hybridized carbons (Fsp3) is 0.240. The number of hydrogen-bond acceptors (Lipinski definition) is 6. The molecule has 0 saturated carbocycles. The van der Waals surface area contributed by atoms with Crippen molar-refractivity contribution in [3.05, 3.63) is 75.7 Å². The number of fused-ring (bicyclic) bond motifs is 1. The van der Waals surface area contributed by atoms with E-state index in [-0.39, 0.29) is 52.2 Å². The summed E-state index contributed by atoms with van der Waals surface area (Å²) in [5, 5.41) is 41.2. The molecule has 162 valence electrons. The topological polar surface area (TPSA) is 111 Å². The lowest BCUT2D eigenvalue weighted by molar-refractivity contribution is 0.210. The fourth-order valence-electron chi connectivity index (χ4n) is 3.30. The van der Waals surface area contributed by atoms with Crippen LogP contribution >= 0.6 is 0 Å². The molecule has 0 saturated heterocycles. The van der Waals surface area contributed by atoms with Crippen LogP contribution in [0, 0.1) is 0 Å². The van der Waals surface area contributed by atoms with Crippen LogP contribution in [-0.2, 0) is 12.8 Å². The smallest absolute Gasteiger partial charge is 0.204 e. The Labute approximate surface area is 180 Å². The van der Waals surface area contributed by atoms with E-state index in [9.17, 15) is 25.2 Å². The third-order valence-electron chi connectivity index (χ3n) is 5.21. The Morgan fingerprint density at radius 2 is 1.84 bits per heavy atom. The predicted molar refractivity (Wildman–Crippen MR) is 121 cm³/mol. The van der Waals surface area contributed by atoms with Crippen LogP contribution in [0.2, 0.25) is 0 Å². The van der Waals surface area contributed by atoms with Crippen LogP contribution in [0.4, 0.5) is 0 Å². The van der Waals surface area contributed by atoms with E-state index < -0.39 is 11.5 Å². The van der Waals surface area contributed by atoms with E-state index >= 15 is 0 Å². The Kier molecular flexibility index (Phi) is 6.22. The van der Waals surface area contributed by atoms with Gasteiger partial charge in [0.2, 0.25) is 5.43 Å². The van der Waals surface area contributed by atoms with Crippen LogP contribution in [0.1, 0.15) is 31.9 Å². The van der Waals surface area contributed by atoms with Gasteiger partial charge >= 0.3 is 0 Å². The minimum absolute atomic E-state index is 0.00833. The van der Waals surface area contributed by atoms with Crippen LogP contribution in [-0.4, -0.2) is 26.5 Å². The van der Waals surface area contributed by atoms with E-state index in [4.69, 9.17) is 4.42 Å². The number of rotatable bonds is 6. The molecule has 0 aliphatic carbocycles. The first kappa shape index (κ1) is 22.2. The van der Waals surface area contributed by atoms with E-state index in [0.29, 0.717) is 16.7 Å². The van der Waals surface area contributed by atoms with Crippen LogP contribution in [0.25, 0.3) is 22.1 Å². The van der Waals surface area contributed by atoms with E-state index in [1.165, 1.54) is 18.4 Å². The molecule has 1 unspecified atom stereocenters. The number of aliphatic hydroxyl groups is 1. The molecule has 0 bridgehead atoms. The van der Waals surface area contributed by atoms with E-state index in [2.05, 4.69) is 6.58 Å². The van der Waals surface area contributed by atoms with Gasteiger partial charge in [-0.05, 0) is 50.5 Å². The molecular formula is C25H26O6. The molecule has 0 radical (unpaired) electrons. The average Bonchev–Trinajstić information content (AvgIpc) is 2.69. The van der Waals surface area contributed by atoms with Crippen molar-refractivity contribution < 1.29 is 24.8 Å². The molecule has 4 N–H and O–H groups in total. The zero-order valence-electron chi connectivity index (χ0n) is 17.8. The highest BCUT2D eigenvalue weighted by molar-refractivity contribution is 5.89. The number of aliphatic hydroxyl groups excluding tert-OH is 1. The van der Waals surface area contributed by atoms with Gasteiger partial charge in [0.15, 0.2) is 0 Å². The van der Waals surface area contributed by atoms with Gasteiger partial charge in [0.05, 0.1) is 11.7 Å². The molecule has 31 heavy (non-hydrogen) atoms. The number of hydrogen-bond donors (Lipinski definition) is 4. The number of benzene rings is 2. The monoisotopic (exact) mass is 422 g/mol. The molecule has 3 aromatic rings. The summed E-state index contributed by atoms with van der Waals surface area (Å²) >= 11 is 0. The second kappa shape index (κ2) is 8.70. The molecule has 0 spiro atoms. The lowest BCUT2D eigenvalue weighted by Gasteiger charge is -2.13. The van der Waals surface area contributed by atoms with Gasteiger partial charge in [-0.1, -0.05) is 29.9 Å². The van der Waals surface area contributed by atoms with Crippen molar-refractivity contribution in [1.29, 1.82) is 0 Å². The molecule has 0 aliphatic rings. The van der Waals surface area contributed by atoms with Gasteiger partial charge in [0.25, 0.3) is 0 Å². The van der Waals surface area contributed by atoms with Crippen molar-refractivity contribution in [2.24, 2.45) is 0 Å². The molecule has 3 rings (SSSR count). The Morgan fingerprint density at radius 1 is 1.13 bits per heavy atom. The van der Waals surface area contributed by atoms with Gasteiger partial charge < -0.3 is 24.8 Å². The Balaban J connectivity index is 2.16. The summed E-state index contributed by atoms with van der Waals surface area (Å²) in [7, 11) is 0. The Morgan fingerprint density at radius 3 is 2.48 bits per heavy atom. The molecule has 1 atom stereocenters. The molecular weight excluding hydrogens is 396 g/mol. The quantitative estimate of drug-likeness (QED) is 0.433. The van der Waals surface area contributed by atoms with Gasteiger partial charge in [-0.3, -0.25) is 4.79 Å². The first-order valence-electron chi connectivity index (χ1n) is 9.88. The van der Waals surface area contributed by atoms with Crippen LogP contribution < -0.4 is 5.43 Å². The molecule has 2 aromatic carbocycles. The predicted octanol–water partition coefficient (Wildman–Crippen LogP) is 4.57. The minimum atomic E-state index is -0.834. The SMILES string of the molecule is C=C(C)C(O)Cc1cc(-c2coc3cc(O)c(CC=C(C)C)c(O)c3c2=O)ccc1O. The summed E-state index contributed by atoms with van der Waals surface area (Å²) in [6.07, 6.45) is 2.66. The van der Waals surface area contributed by atoms with Crippen molar-refractivity contribution in [3.8, 4) is 28.4 Å². The second-order valence-corrected chi connectivity index (χ2v) is 7.97. The molecule has 0 fully saturated rings. The normalized spacial score (nSPS) is 12.0. The fourth-order valence-corrected chi connectivity index (χ4v) is 3.30. The van der Waals surface area contributed by atoms with Crippen LogP contribution in [0.3, 0.4) is 0 Å². The average molecular weight is 422 g/mol. The highest BCUT2D eigenvalue weighted by atomic mass is 16.3. The maximum atomic E-state index is 13.2. The first-order chi connectivity index (χ1) is 14.6. The van der Waals surface area contributed by atoms with Crippen molar-refractivity contribution in [3.63, 3.8) is 0 Å². The maximum Gasteiger partial charge on any atom is 0.204 e. The van der Waals surface area contributed by atoms with E-state index in [0.717, 1.165) is 5.57 Å². The van der Waals surface area contributed by atoms with Crippen molar-refractivity contribution in [1.82, 2.24) is 0 Å². The number of allylic oxidation sites excluding steroid dienone is 2. The van der Waals surface area contributed by atoms with Gasteiger partial charge in [-0.2, -0.15) is 0 Å². The zero-order chi connectivity index (χ0) is 22.9. The molecule has 6 heteroatoms. The molecule has 0 amide bonds. The second-order valence-electron chi connectivity index (χ2n) is 7.97. The summed E-state index contributed by atoms with van der Waals surface area (Å²) in [5.74, 6) is -0.482. The van der Waals surface area contributed by atoms with Crippen LogP contribution in [0.5, 0.6) is 17.2 Å². The number of phenolic OH excluding ortho intramolecular Hbond substituents is 3. The summed E-state index contributed by atoms with van der Waals surface area (Å²) < 4.78 is 5.55. The zero-order valence-corrected chi connectivity index (χ0v) is 17.8. The van der Waals surface area contributed by atoms with Crippen LogP contribution in [0.15, 0.2) is 63.5 Å². The maximum absolute atomic E-state index is 13.2. The third-order valence-corrected chi connectivity index (χ3v) is 5.21. The van der Waals surface area contributed by atoms with Gasteiger partial charge in [-0.15, -0.1) is 0 Å². The highest BCUT2D eigenvalue weighted by Gasteiger charge is 2.19. The van der Waals surface area contributed by atoms with Crippen molar-refractivity contribution >= 4 is 11.0 Å². The molecule has 0 aliphatic heterocycles. The number of aromatic hydroxyl groups is 3. The van der Waals surface area contributed by atoms with Crippen molar-refractivity contribution in [2.45, 2.75) is 39.7 Å². The Bertz CT molecular complexity index is 1250. The summed E-state index contributed by atoms with van der Waals surface area (Å²) in [5.41, 5.74) is 2.52. The number of phenols is 3. The summed E-state index contributed by atoms with van der Waals surface area (Å²) in [4.78, 5) is 13.2. The minimum Gasteiger partial charge on any atom is -0.508 e. The van der Waals surface area contributed by atoms with Gasteiger partial charge in [0, 0.05) is 18.1 Å². The largest absolute Gasteiger partial charge is 0.508 e. The van der Waals surface area contributed by atoms with Gasteiger partial charge in [-0.25, -0.2) is 0 Å². The van der Waals surface area contributed by atoms with E-state index in [1.54, 1.807) is 19.1 Å². The standard InChI is InChI=1S/C25H26O6/c1-13(2)5-7-17-21(28)11-22-23(24(17)29)25(30)18(12-31-22)15-6-8-19(26)16(9-15)10-20(27)14(3)4/h5-6,8-9,11-12,20,26-29H,3,7,10H2,1-2,4H3. The lowest BCUT2D eigenvalue weighted by atomic mass is 9.97. The lowest BCUT2D eigenvalue weighted by Crippen LogP contribution is -2.11. The molecule has 1 aromatic heterocycles. The van der Waals surface area contributed by atoms with Crippen molar-refractivity contribution in [2.75, 3.05) is 0 Å². The first-order valence-corrected chi connectivity index (χ1v) is 9.88. The third kappa shape index (κ3) is 4.49. The summed E-state index contributed by atoms with van der Waals surface area (Å²) in [6, 6.07) is 5.92. The highest BCUT2D eigenvalue weighted by Crippen LogP contribution is 2.36. The van der Waals surface area contributed by atoms with E-state index in [1.807, 2.05) is 19.9 Å². The molecule has 1 heterocycles. The summed E-state index contributed by atoms with van der Waals surface area (Å²) in [6.45, 7) is 9.20. The molecule has 6 nitrogen and oxygen atoms in total. The van der Waals surface area contributed by atoms with Gasteiger partial charge in [0.1, 0.15) is 34.5 Å². The Hall–Kier alpha value is -3.51.